The molecule has 0 unspecified atom stereocenters. The number of carbonyl (C=O) groups excluding carboxylic acids is 2. The number of fused-ring (bicyclic) bond motifs is 1. The van der Waals surface area contributed by atoms with Crippen LogP contribution in [0.3, 0.4) is 0 Å². The average Bonchev–Trinajstić information content (AvgIpc) is 3.06. The Morgan fingerprint density at radius 2 is 1.85 bits per heavy atom. The fourth-order valence-corrected chi connectivity index (χ4v) is 3.01. The summed E-state index contributed by atoms with van der Waals surface area (Å²) in [6.45, 7) is 2.25. The molecule has 142 valence electrons. The molecule has 0 N–H and O–H groups in total. The topological polar surface area (TPSA) is 71.1 Å². The van der Waals surface area contributed by atoms with Gasteiger partial charge in [0.05, 0.1) is 19.8 Å². The number of cyclic esters (lactones) is 1. The Morgan fingerprint density at radius 1 is 1.07 bits per heavy atom. The van der Waals surface area contributed by atoms with E-state index in [0.717, 1.165) is 24.0 Å². The van der Waals surface area contributed by atoms with Gasteiger partial charge in [-0.3, -0.25) is 4.79 Å². The van der Waals surface area contributed by atoms with Crippen molar-refractivity contribution in [2.45, 2.75) is 32.8 Å². The summed E-state index contributed by atoms with van der Waals surface area (Å²) < 4.78 is 21.5. The largest absolute Gasteiger partial charge is 0.493 e. The number of ether oxygens (including phenoxy) is 4. The number of carbonyl (C=O) groups is 2. The number of benzene rings is 2. The first-order chi connectivity index (χ1) is 13.1. The molecule has 0 spiro atoms. The summed E-state index contributed by atoms with van der Waals surface area (Å²) in [4.78, 5) is 24.0. The molecule has 0 radical (unpaired) electrons. The fourth-order valence-electron chi connectivity index (χ4n) is 3.01. The Bertz CT molecular complexity index is 871. The van der Waals surface area contributed by atoms with Gasteiger partial charge in [0.15, 0.2) is 11.5 Å². The maximum absolute atomic E-state index is 12.3. The maximum Gasteiger partial charge on any atom is 0.338 e. The second-order valence-corrected chi connectivity index (χ2v) is 6.20. The summed E-state index contributed by atoms with van der Waals surface area (Å²) in [5.74, 6) is 0.481. The molecule has 3 rings (SSSR count). The highest BCUT2D eigenvalue weighted by Crippen LogP contribution is 2.45. The SMILES string of the molecule is CCCCC(=O)Oc1c(-c2ccc3c(c2)COC3=O)ccc(OC)c1OC. The molecule has 6 nitrogen and oxygen atoms in total. The first kappa shape index (κ1) is 18.8. The highest BCUT2D eigenvalue weighted by atomic mass is 16.6. The molecule has 0 fully saturated rings. The van der Waals surface area contributed by atoms with Gasteiger partial charge in [0.25, 0.3) is 0 Å². The Labute approximate surface area is 158 Å². The summed E-state index contributed by atoms with van der Waals surface area (Å²) in [5, 5.41) is 0. The number of hydrogen-bond acceptors (Lipinski definition) is 6. The van der Waals surface area contributed by atoms with Gasteiger partial charge < -0.3 is 18.9 Å². The number of unbranched alkanes of at least 4 members (excludes halogenated alkanes) is 1. The van der Waals surface area contributed by atoms with Crippen LogP contribution in [-0.2, 0) is 16.1 Å². The number of methoxy groups -OCH3 is 2. The van der Waals surface area contributed by atoms with E-state index in [4.69, 9.17) is 18.9 Å². The lowest BCUT2D eigenvalue weighted by atomic mass is 9.99. The highest BCUT2D eigenvalue weighted by Gasteiger charge is 2.24. The van der Waals surface area contributed by atoms with E-state index in [9.17, 15) is 9.59 Å². The number of rotatable bonds is 7. The van der Waals surface area contributed by atoms with E-state index in [0.29, 0.717) is 34.8 Å². The van der Waals surface area contributed by atoms with Gasteiger partial charge in [-0.25, -0.2) is 4.79 Å². The molecule has 1 aliphatic heterocycles. The summed E-state index contributed by atoms with van der Waals surface area (Å²) in [6, 6.07) is 8.95. The molecule has 0 atom stereocenters. The normalized spacial score (nSPS) is 12.3. The molecule has 0 aromatic heterocycles. The van der Waals surface area contributed by atoms with Crippen LogP contribution in [0, 0.1) is 0 Å². The lowest BCUT2D eigenvalue weighted by molar-refractivity contribution is -0.134. The van der Waals surface area contributed by atoms with Crippen molar-refractivity contribution in [3.8, 4) is 28.4 Å². The molecule has 6 heteroatoms. The van der Waals surface area contributed by atoms with Crippen molar-refractivity contribution >= 4 is 11.9 Å². The van der Waals surface area contributed by atoms with Crippen LogP contribution in [0.4, 0.5) is 0 Å². The third-order valence-electron chi connectivity index (χ3n) is 4.45. The first-order valence-corrected chi connectivity index (χ1v) is 8.85. The molecule has 1 heterocycles. The lowest BCUT2D eigenvalue weighted by Gasteiger charge is -2.17. The second-order valence-electron chi connectivity index (χ2n) is 6.20. The third kappa shape index (κ3) is 3.74. The highest BCUT2D eigenvalue weighted by molar-refractivity contribution is 5.94. The molecule has 2 aromatic rings. The molecule has 0 amide bonds. The third-order valence-corrected chi connectivity index (χ3v) is 4.45. The van der Waals surface area contributed by atoms with Gasteiger partial charge >= 0.3 is 11.9 Å². The summed E-state index contributed by atoms with van der Waals surface area (Å²) in [6.07, 6.45) is 1.97. The predicted octanol–water partition coefficient (Wildman–Crippen LogP) is 4.14. The van der Waals surface area contributed by atoms with Crippen LogP contribution in [0.5, 0.6) is 17.2 Å². The molecule has 0 saturated carbocycles. The monoisotopic (exact) mass is 370 g/mol. The molecule has 0 saturated heterocycles. The fraction of sp³-hybridized carbons (Fsp3) is 0.333. The van der Waals surface area contributed by atoms with Crippen LogP contribution in [0.2, 0.25) is 0 Å². The molecule has 2 aromatic carbocycles. The second kappa shape index (κ2) is 8.12. The van der Waals surface area contributed by atoms with Crippen molar-refractivity contribution in [3.63, 3.8) is 0 Å². The standard InChI is InChI=1S/C21H22O6/c1-4-5-6-18(22)27-19-15(9-10-17(24-2)20(19)25-3)13-7-8-16-14(11-13)12-26-21(16)23/h7-11H,4-6,12H2,1-3H3. The van der Waals surface area contributed by atoms with Gasteiger partial charge in [-0.2, -0.15) is 0 Å². The van der Waals surface area contributed by atoms with E-state index in [1.807, 2.05) is 19.1 Å². The molecular formula is C21H22O6. The smallest absolute Gasteiger partial charge is 0.338 e. The minimum atomic E-state index is -0.329. The lowest BCUT2D eigenvalue weighted by Crippen LogP contribution is -2.10. The van der Waals surface area contributed by atoms with E-state index >= 15 is 0 Å². The minimum absolute atomic E-state index is 0.237. The average molecular weight is 370 g/mol. The van der Waals surface area contributed by atoms with Crippen molar-refractivity contribution in [1.29, 1.82) is 0 Å². The van der Waals surface area contributed by atoms with Crippen LogP contribution in [0.1, 0.15) is 42.1 Å². The molecule has 0 aliphatic carbocycles. The Balaban J connectivity index is 2.06. The van der Waals surface area contributed by atoms with Gasteiger partial charge in [-0.05, 0) is 36.2 Å². The zero-order chi connectivity index (χ0) is 19.4. The molecule has 27 heavy (non-hydrogen) atoms. The van der Waals surface area contributed by atoms with Gasteiger partial charge in [-0.15, -0.1) is 0 Å². The van der Waals surface area contributed by atoms with Gasteiger partial charge in [-0.1, -0.05) is 19.4 Å². The zero-order valence-electron chi connectivity index (χ0n) is 15.7. The van der Waals surface area contributed by atoms with E-state index in [1.165, 1.54) is 14.2 Å². The van der Waals surface area contributed by atoms with E-state index < -0.39 is 0 Å². The van der Waals surface area contributed by atoms with Crippen molar-refractivity contribution in [3.05, 3.63) is 41.5 Å². The van der Waals surface area contributed by atoms with Crippen LogP contribution in [-0.4, -0.2) is 26.2 Å². The van der Waals surface area contributed by atoms with E-state index in [2.05, 4.69) is 0 Å². The minimum Gasteiger partial charge on any atom is -0.493 e. The van der Waals surface area contributed by atoms with E-state index in [-0.39, 0.29) is 18.5 Å². The van der Waals surface area contributed by atoms with Crippen molar-refractivity contribution < 1.29 is 28.5 Å². The molecule has 0 bridgehead atoms. The quantitative estimate of drug-likeness (QED) is 0.539. The van der Waals surface area contributed by atoms with Crippen molar-refractivity contribution in [2.24, 2.45) is 0 Å². The van der Waals surface area contributed by atoms with E-state index in [1.54, 1.807) is 18.2 Å². The Hall–Kier alpha value is -3.02. The molecular weight excluding hydrogens is 348 g/mol. The van der Waals surface area contributed by atoms with Gasteiger partial charge in [0, 0.05) is 17.5 Å². The summed E-state index contributed by atoms with van der Waals surface area (Å²) in [5.41, 5.74) is 2.84. The van der Waals surface area contributed by atoms with Crippen LogP contribution < -0.4 is 14.2 Å². The van der Waals surface area contributed by atoms with Crippen LogP contribution >= 0.6 is 0 Å². The number of hydrogen-bond donors (Lipinski definition) is 0. The van der Waals surface area contributed by atoms with Gasteiger partial charge in [0.2, 0.25) is 5.75 Å². The summed E-state index contributed by atoms with van der Waals surface area (Å²) in [7, 11) is 3.03. The Morgan fingerprint density at radius 3 is 2.56 bits per heavy atom. The van der Waals surface area contributed by atoms with Crippen molar-refractivity contribution in [1.82, 2.24) is 0 Å². The van der Waals surface area contributed by atoms with Gasteiger partial charge in [0.1, 0.15) is 6.61 Å². The predicted molar refractivity (Wildman–Crippen MR) is 99.3 cm³/mol. The Kier molecular flexibility index (Phi) is 5.64. The van der Waals surface area contributed by atoms with Crippen LogP contribution in [0.15, 0.2) is 30.3 Å². The first-order valence-electron chi connectivity index (χ1n) is 8.85. The maximum atomic E-state index is 12.3. The molecule has 1 aliphatic rings. The summed E-state index contributed by atoms with van der Waals surface area (Å²) >= 11 is 0. The van der Waals surface area contributed by atoms with Crippen LogP contribution in [0.25, 0.3) is 11.1 Å². The van der Waals surface area contributed by atoms with Crippen molar-refractivity contribution in [2.75, 3.05) is 14.2 Å². The number of esters is 2. The zero-order valence-corrected chi connectivity index (χ0v) is 15.7.